The normalized spacial score (nSPS) is 23.7. The first-order valence-electron chi connectivity index (χ1n) is 25.3. The summed E-state index contributed by atoms with van der Waals surface area (Å²) in [5, 5.41) is 10.9. The van der Waals surface area contributed by atoms with E-state index in [4.69, 9.17) is 23.7 Å². The van der Waals surface area contributed by atoms with Gasteiger partial charge < -0.3 is 0 Å². The van der Waals surface area contributed by atoms with E-state index >= 15 is 0 Å². The second-order valence-corrected chi connectivity index (χ2v) is 45.2. The fraction of sp³-hybridized carbons (Fsp3) is 0.922. The first-order chi connectivity index (χ1) is 28.3. The number of hydrogen-bond acceptors (Lipinski definition) is 6. The van der Waals surface area contributed by atoms with E-state index in [1.807, 2.05) is 14.2 Å². The van der Waals surface area contributed by atoms with Gasteiger partial charge >= 0.3 is 379 Å². The minimum absolute atomic E-state index is 0.0274. The number of aliphatic hydroxyl groups is 1. The molecule has 0 unspecified atom stereocenters. The summed E-state index contributed by atoms with van der Waals surface area (Å²) in [4.78, 5) is 0. The molecule has 0 aliphatic carbocycles. The molecule has 59 heavy (non-hydrogen) atoms. The molecule has 0 amide bonds. The maximum absolute atomic E-state index is 10.9. The van der Waals surface area contributed by atoms with Crippen LogP contribution < -0.4 is 0 Å². The summed E-state index contributed by atoms with van der Waals surface area (Å²) in [6, 6.07) is 0. The molecule has 6 nitrogen and oxygen atoms in total. The number of aliphatic hydroxyl groups excluding tert-OH is 1. The number of ether oxygens (including phenoxy) is 5. The molecule has 8 heteroatoms. The zero-order valence-electron chi connectivity index (χ0n) is 41.9. The fourth-order valence-electron chi connectivity index (χ4n) is 9.89. The molecule has 0 bridgehead atoms. The molecule has 2 saturated heterocycles. The summed E-state index contributed by atoms with van der Waals surface area (Å²) < 4.78 is 43.8. The van der Waals surface area contributed by atoms with Gasteiger partial charge in [-0.1, -0.05) is 0 Å². The number of unbranched alkanes of at least 4 members (excludes halogenated alkanes) is 6. The average molecular weight is 1050 g/mol. The predicted octanol–water partition coefficient (Wildman–Crippen LogP) is 14.2. The van der Waals surface area contributed by atoms with Crippen LogP contribution in [0.4, 0.5) is 0 Å². The zero-order chi connectivity index (χ0) is 44.4. The van der Waals surface area contributed by atoms with Crippen molar-refractivity contribution >= 4 is 36.8 Å². The van der Waals surface area contributed by atoms with Crippen LogP contribution in [0, 0.1) is 23.7 Å². The minimum atomic E-state index is -2.27. The fourth-order valence-corrected chi connectivity index (χ4v) is 39.2. The van der Waals surface area contributed by atoms with Crippen molar-refractivity contribution in [2.75, 3.05) is 21.3 Å². The molecule has 0 radical (unpaired) electrons. The van der Waals surface area contributed by atoms with Gasteiger partial charge in [0.15, 0.2) is 0 Å². The van der Waals surface area contributed by atoms with Crippen molar-refractivity contribution in [3.63, 3.8) is 0 Å². The Labute approximate surface area is 376 Å². The summed E-state index contributed by atoms with van der Waals surface area (Å²) >= 11 is -4.51. The number of rotatable bonds is 35. The van der Waals surface area contributed by atoms with Crippen LogP contribution in [-0.4, -0.2) is 112 Å². The molecule has 0 aromatic heterocycles. The molecule has 0 aromatic carbocycles. The van der Waals surface area contributed by atoms with Crippen LogP contribution in [0.25, 0.3) is 0 Å². The summed E-state index contributed by atoms with van der Waals surface area (Å²) in [5.41, 5.74) is 0. The monoisotopic (exact) mass is 1050 g/mol. The molecule has 350 valence electrons. The molecular weight excluding hydrogens is 946 g/mol. The van der Waals surface area contributed by atoms with Gasteiger partial charge in [-0.15, -0.1) is 0 Å². The molecule has 12 atom stereocenters. The Bertz CT molecular complexity index is 1030. The Balaban J connectivity index is 0.000000590. The van der Waals surface area contributed by atoms with Gasteiger partial charge in [0.2, 0.25) is 0 Å². The second kappa shape index (κ2) is 32.5. The SMILES string of the molecule is CCC[CH2][Sn](/[CH]=C/[C@@H](C)[C@H](O)[C@H]1O[C@@H]1[C@H](C)[C@H](CC)OC)([CH2]CCC)[CH2]CCC.CCC[CH2][Sn](/[CH]=C/[C@@H](C)[C@H](OC)[C@H]1O[C@@H]1[C@H](C)[C@H](CC)OC)([CH2]CCC)[CH2]CCC. The summed E-state index contributed by atoms with van der Waals surface area (Å²) in [5.74, 6) is 1.31. The van der Waals surface area contributed by atoms with E-state index in [-0.39, 0.29) is 48.6 Å². The Kier molecular flexibility index (Phi) is 31.9. The molecule has 2 aliphatic heterocycles. The molecule has 2 fully saturated rings. The topological polar surface area (TPSA) is 73.0 Å². The van der Waals surface area contributed by atoms with E-state index in [2.05, 4.69) is 103 Å². The van der Waals surface area contributed by atoms with Crippen molar-refractivity contribution in [3.8, 4) is 0 Å². The quantitative estimate of drug-likeness (QED) is 0.0504. The van der Waals surface area contributed by atoms with Gasteiger partial charge in [-0.25, -0.2) is 0 Å². The van der Waals surface area contributed by atoms with Crippen LogP contribution >= 0.6 is 0 Å². The van der Waals surface area contributed by atoms with E-state index < -0.39 is 42.9 Å². The third-order valence-corrected chi connectivity index (χ3v) is 42.6. The van der Waals surface area contributed by atoms with Crippen molar-refractivity contribution in [2.45, 2.75) is 248 Å². The number of epoxide rings is 2. The third-order valence-electron chi connectivity index (χ3n) is 14.4. The van der Waals surface area contributed by atoms with E-state index in [1.165, 1.54) is 104 Å². The Hall–Kier alpha value is 0.837. The van der Waals surface area contributed by atoms with E-state index in [9.17, 15) is 5.11 Å². The average Bonchev–Trinajstić information content (AvgIpc) is 4.20. The molecule has 2 rings (SSSR count). The van der Waals surface area contributed by atoms with Crippen molar-refractivity contribution in [1.29, 1.82) is 0 Å². The Morgan fingerprint density at radius 1 is 0.475 bits per heavy atom. The van der Waals surface area contributed by atoms with Gasteiger partial charge in [-0.05, 0) is 0 Å². The molecular formula is C51H102O6Sn2. The van der Waals surface area contributed by atoms with E-state index in [0.29, 0.717) is 17.8 Å². The zero-order valence-corrected chi connectivity index (χ0v) is 47.6. The number of methoxy groups -OCH3 is 3. The van der Waals surface area contributed by atoms with Gasteiger partial charge in [0, 0.05) is 0 Å². The third kappa shape index (κ3) is 20.3. The first-order valence-corrected chi connectivity index (χ1v) is 40.7. The van der Waals surface area contributed by atoms with Crippen molar-refractivity contribution < 1.29 is 28.8 Å². The standard InChI is InChI=1S/C14H25O3.C13H23O3.6C4H9.2Sn/c1-7-9(3)12(16-6)14-13(17-14)10(4)11(8-2)15-5;1-6-8(3)11(14)13-12(16-13)9(4)10(7-2)15-5;6*1-3-4-2;;/h1,7,9-14H,8H2,2-6H3;1,6,8-14H,7H2,2-5H3;6*1,3-4H2,2H3;;/t9-,10-,11+,12+,13-,14-;8-,9-,10+,11+,12-,13-;;;;;;;;/m11......../s1. The summed E-state index contributed by atoms with van der Waals surface area (Å²) in [6.45, 7) is 27.3. The van der Waals surface area contributed by atoms with Crippen LogP contribution in [0.2, 0.25) is 26.6 Å². The molecule has 0 spiro atoms. The molecule has 0 aromatic rings. The van der Waals surface area contributed by atoms with Gasteiger partial charge in [0.25, 0.3) is 0 Å². The maximum atomic E-state index is 10.9. The van der Waals surface area contributed by atoms with Crippen LogP contribution in [0.5, 0.6) is 0 Å². The Morgan fingerprint density at radius 2 is 0.797 bits per heavy atom. The Morgan fingerprint density at radius 3 is 1.10 bits per heavy atom. The summed E-state index contributed by atoms with van der Waals surface area (Å²) in [6.07, 6.45) is 24.0. The van der Waals surface area contributed by atoms with Gasteiger partial charge in [0.1, 0.15) is 0 Å². The predicted molar refractivity (Wildman–Crippen MR) is 261 cm³/mol. The van der Waals surface area contributed by atoms with Gasteiger partial charge in [-0.2, -0.15) is 0 Å². The van der Waals surface area contributed by atoms with Crippen molar-refractivity contribution in [2.24, 2.45) is 23.7 Å². The molecule has 1 N–H and O–H groups in total. The molecule has 0 saturated carbocycles. The van der Waals surface area contributed by atoms with E-state index in [1.54, 1.807) is 7.11 Å². The van der Waals surface area contributed by atoms with Crippen LogP contribution in [-0.2, 0) is 23.7 Å². The first kappa shape index (κ1) is 57.9. The van der Waals surface area contributed by atoms with E-state index in [0.717, 1.165) is 12.8 Å². The van der Waals surface area contributed by atoms with Crippen LogP contribution in [0.3, 0.4) is 0 Å². The van der Waals surface area contributed by atoms with Crippen LogP contribution in [0.1, 0.15) is 173 Å². The number of hydrogen-bond donors (Lipinski definition) is 1. The van der Waals surface area contributed by atoms with Gasteiger partial charge in [-0.3, -0.25) is 0 Å². The van der Waals surface area contributed by atoms with Gasteiger partial charge in [0.05, 0.1) is 0 Å². The van der Waals surface area contributed by atoms with Crippen molar-refractivity contribution in [3.05, 3.63) is 20.3 Å². The molecule has 2 heterocycles. The van der Waals surface area contributed by atoms with Crippen molar-refractivity contribution in [1.82, 2.24) is 0 Å². The second-order valence-electron chi connectivity index (χ2n) is 19.2. The summed E-state index contributed by atoms with van der Waals surface area (Å²) in [7, 11) is 5.45. The van der Waals surface area contributed by atoms with Crippen LogP contribution in [0.15, 0.2) is 20.3 Å². The molecule has 2 aliphatic rings.